The highest BCUT2D eigenvalue weighted by molar-refractivity contribution is 6.52. The summed E-state index contributed by atoms with van der Waals surface area (Å²) in [6.45, 7) is 6.40. The van der Waals surface area contributed by atoms with E-state index in [0.29, 0.717) is 28.1 Å². The van der Waals surface area contributed by atoms with Gasteiger partial charge in [-0.2, -0.15) is 0 Å². The molecule has 2 heterocycles. The molecule has 5 heteroatoms. The van der Waals surface area contributed by atoms with Crippen molar-refractivity contribution in [2.24, 2.45) is 11.8 Å². The molecule has 2 unspecified atom stereocenters. The molecule has 0 aliphatic carbocycles. The number of anilines is 2. The SMILES string of the molecule is CC1CCN(c2cc3c(cc2Cl)C(=O)C(=O)N3)CC1C. The molecule has 3 rings (SSSR count). The van der Waals surface area contributed by atoms with Crippen molar-refractivity contribution in [2.45, 2.75) is 20.3 Å². The van der Waals surface area contributed by atoms with Gasteiger partial charge in [-0.05, 0) is 30.4 Å². The van der Waals surface area contributed by atoms with Gasteiger partial charge in [0.2, 0.25) is 0 Å². The van der Waals surface area contributed by atoms with Gasteiger partial charge in [-0.15, -0.1) is 0 Å². The highest BCUT2D eigenvalue weighted by atomic mass is 35.5. The second-order valence-electron chi connectivity index (χ2n) is 5.82. The number of ketones is 1. The van der Waals surface area contributed by atoms with Crippen LogP contribution in [0.5, 0.6) is 0 Å². The molecule has 0 radical (unpaired) electrons. The van der Waals surface area contributed by atoms with E-state index < -0.39 is 11.7 Å². The molecule has 2 aliphatic rings. The molecule has 2 atom stereocenters. The molecule has 20 heavy (non-hydrogen) atoms. The fourth-order valence-corrected chi connectivity index (χ4v) is 3.16. The van der Waals surface area contributed by atoms with E-state index in [9.17, 15) is 9.59 Å². The highest BCUT2D eigenvalue weighted by Gasteiger charge is 2.31. The van der Waals surface area contributed by atoms with Crippen molar-refractivity contribution in [1.29, 1.82) is 0 Å². The predicted molar refractivity (Wildman–Crippen MR) is 79.6 cm³/mol. The van der Waals surface area contributed by atoms with E-state index in [1.807, 2.05) is 6.07 Å². The van der Waals surface area contributed by atoms with Gasteiger partial charge in [-0.1, -0.05) is 25.4 Å². The maximum absolute atomic E-state index is 11.6. The van der Waals surface area contributed by atoms with Crippen LogP contribution in [0.2, 0.25) is 5.02 Å². The van der Waals surface area contributed by atoms with Crippen molar-refractivity contribution < 1.29 is 9.59 Å². The Bertz CT molecular complexity index is 600. The van der Waals surface area contributed by atoms with Gasteiger partial charge in [-0.3, -0.25) is 9.59 Å². The van der Waals surface area contributed by atoms with Gasteiger partial charge in [0, 0.05) is 13.1 Å². The third-order valence-corrected chi connectivity index (χ3v) is 4.76. The lowest BCUT2D eigenvalue weighted by Gasteiger charge is -2.37. The molecule has 106 valence electrons. The number of halogens is 1. The summed E-state index contributed by atoms with van der Waals surface area (Å²) < 4.78 is 0. The molecule has 1 aromatic rings. The van der Waals surface area contributed by atoms with E-state index >= 15 is 0 Å². The Labute approximate surface area is 123 Å². The van der Waals surface area contributed by atoms with Crippen molar-refractivity contribution in [3.63, 3.8) is 0 Å². The van der Waals surface area contributed by atoms with Gasteiger partial charge in [0.05, 0.1) is 22.0 Å². The van der Waals surface area contributed by atoms with Crippen LogP contribution in [0.4, 0.5) is 11.4 Å². The van der Waals surface area contributed by atoms with Crippen LogP contribution in [0.25, 0.3) is 0 Å². The van der Waals surface area contributed by atoms with Crippen LogP contribution in [-0.2, 0) is 4.79 Å². The number of hydrogen-bond acceptors (Lipinski definition) is 3. The van der Waals surface area contributed by atoms with Crippen molar-refractivity contribution in [1.82, 2.24) is 0 Å². The number of benzene rings is 1. The zero-order valence-electron chi connectivity index (χ0n) is 11.6. The summed E-state index contributed by atoms with van der Waals surface area (Å²) in [7, 11) is 0. The first-order valence-electron chi connectivity index (χ1n) is 6.91. The van der Waals surface area contributed by atoms with Crippen LogP contribution < -0.4 is 10.2 Å². The lowest BCUT2D eigenvalue weighted by atomic mass is 9.88. The molecule has 0 aromatic heterocycles. The van der Waals surface area contributed by atoms with Crippen LogP contribution in [0, 0.1) is 11.8 Å². The molecule has 4 nitrogen and oxygen atoms in total. The Morgan fingerprint density at radius 1 is 1.25 bits per heavy atom. The zero-order valence-corrected chi connectivity index (χ0v) is 12.3. The number of Topliss-reactive ketones (excluding diaryl/α,β-unsaturated/α-hetero) is 1. The van der Waals surface area contributed by atoms with Crippen molar-refractivity contribution in [2.75, 3.05) is 23.3 Å². The average molecular weight is 293 g/mol. The van der Waals surface area contributed by atoms with Gasteiger partial charge in [0.1, 0.15) is 0 Å². The number of carbonyl (C=O) groups is 2. The average Bonchev–Trinajstić information content (AvgIpc) is 2.68. The van der Waals surface area contributed by atoms with Crippen LogP contribution >= 0.6 is 11.6 Å². The Kier molecular flexibility index (Phi) is 3.21. The molecular formula is C15H17ClN2O2. The summed E-state index contributed by atoms with van der Waals surface area (Å²) in [6, 6.07) is 3.43. The monoisotopic (exact) mass is 292 g/mol. The third kappa shape index (κ3) is 2.08. The Balaban J connectivity index is 1.94. The van der Waals surface area contributed by atoms with E-state index in [1.54, 1.807) is 6.07 Å². The minimum atomic E-state index is -0.575. The number of fused-ring (bicyclic) bond motifs is 1. The lowest BCUT2D eigenvalue weighted by Crippen LogP contribution is -2.38. The first-order chi connectivity index (χ1) is 9.47. The van der Waals surface area contributed by atoms with Gasteiger partial charge in [0.15, 0.2) is 0 Å². The van der Waals surface area contributed by atoms with E-state index in [2.05, 4.69) is 24.1 Å². The molecule has 0 saturated carbocycles. The molecule has 1 N–H and O–H groups in total. The fraction of sp³-hybridized carbons (Fsp3) is 0.467. The topological polar surface area (TPSA) is 49.4 Å². The standard InChI is InChI=1S/C15H17ClN2O2/c1-8-3-4-18(7-9(8)2)13-6-12-10(5-11(13)16)14(19)15(20)17-12/h5-6,8-9H,3-4,7H2,1-2H3,(H,17,19,20). The molecule has 1 fully saturated rings. The largest absolute Gasteiger partial charge is 0.370 e. The number of piperidine rings is 1. The molecule has 0 bridgehead atoms. The third-order valence-electron chi connectivity index (χ3n) is 4.46. The van der Waals surface area contributed by atoms with Gasteiger partial charge >= 0.3 is 0 Å². The van der Waals surface area contributed by atoms with Crippen molar-refractivity contribution in [3.05, 3.63) is 22.7 Å². The molecular weight excluding hydrogens is 276 g/mol. The highest BCUT2D eigenvalue weighted by Crippen LogP contribution is 2.37. The second-order valence-corrected chi connectivity index (χ2v) is 6.23. The minimum absolute atomic E-state index is 0.377. The number of hydrogen-bond donors (Lipinski definition) is 1. The van der Waals surface area contributed by atoms with E-state index in [4.69, 9.17) is 11.6 Å². The van der Waals surface area contributed by atoms with Gasteiger partial charge in [0.25, 0.3) is 11.7 Å². The van der Waals surface area contributed by atoms with E-state index in [0.717, 1.165) is 25.2 Å². The summed E-state index contributed by atoms with van der Waals surface area (Å²) >= 11 is 6.31. The summed E-state index contributed by atoms with van der Waals surface area (Å²) in [5.41, 5.74) is 1.85. The van der Waals surface area contributed by atoms with Crippen LogP contribution in [-0.4, -0.2) is 24.8 Å². The van der Waals surface area contributed by atoms with Gasteiger partial charge in [-0.25, -0.2) is 0 Å². The van der Waals surface area contributed by atoms with Gasteiger partial charge < -0.3 is 10.2 Å². The normalized spacial score (nSPS) is 25.6. The summed E-state index contributed by atoms with van der Waals surface area (Å²) in [5.74, 6) is 0.230. The Morgan fingerprint density at radius 3 is 2.70 bits per heavy atom. The Hall–Kier alpha value is -1.55. The number of rotatable bonds is 1. The number of nitrogens with one attached hydrogen (secondary N) is 1. The van der Waals surface area contributed by atoms with Crippen molar-refractivity contribution in [3.8, 4) is 0 Å². The number of carbonyl (C=O) groups excluding carboxylic acids is 2. The van der Waals surface area contributed by atoms with Crippen LogP contribution in [0.15, 0.2) is 12.1 Å². The molecule has 1 saturated heterocycles. The molecule has 1 aromatic carbocycles. The quantitative estimate of drug-likeness (QED) is 0.810. The van der Waals surface area contributed by atoms with Crippen LogP contribution in [0.1, 0.15) is 30.6 Å². The molecule has 2 aliphatic heterocycles. The second kappa shape index (κ2) is 4.77. The lowest BCUT2D eigenvalue weighted by molar-refractivity contribution is -0.112. The summed E-state index contributed by atoms with van der Waals surface area (Å²) in [6.07, 6.45) is 1.12. The first-order valence-corrected chi connectivity index (χ1v) is 7.29. The molecule has 1 amide bonds. The maximum atomic E-state index is 11.6. The molecule has 0 spiro atoms. The van der Waals surface area contributed by atoms with E-state index in [-0.39, 0.29) is 0 Å². The predicted octanol–water partition coefficient (Wildman–Crippen LogP) is 2.96. The van der Waals surface area contributed by atoms with E-state index in [1.165, 1.54) is 0 Å². The zero-order chi connectivity index (χ0) is 14.4. The maximum Gasteiger partial charge on any atom is 0.296 e. The minimum Gasteiger partial charge on any atom is -0.370 e. The number of nitrogens with zero attached hydrogens (tertiary/aromatic N) is 1. The number of amides is 1. The smallest absolute Gasteiger partial charge is 0.296 e. The first kappa shape index (κ1) is 13.4. The van der Waals surface area contributed by atoms with Crippen molar-refractivity contribution >= 4 is 34.7 Å². The fourth-order valence-electron chi connectivity index (χ4n) is 2.88. The summed E-state index contributed by atoms with van der Waals surface area (Å²) in [5, 5.41) is 3.14. The Morgan fingerprint density at radius 2 is 2.00 bits per heavy atom. The van der Waals surface area contributed by atoms with Crippen LogP contribution in [0.3, 0.4) is 0 Å². The summed E-state index contributed by atoms with van der Waals surface area (Å²) in [4.78, 5) is 25.3.